The van der Waals surface area contributed by atoms with Gasteiger partial charge in [-0.25, -0.2) is 8.42 Å². The number of rotatable bonds is 3. The van der Waals surface area contributed by atoms with Crippen molar-refractivity contribution in [2.24, 2.45) is 5.92 Å². The second-order valence-corrected chi connectivity index (χ2v) is 8.62. The van der Waals surface area contributed by atoms with Crippen LogP contribution >= 0.6 is 0 Å². The van der Waals surface area contributed by atoms with Gasteiger partial charge in [0.15, 0.2) is 0 Å². The molecule has 1 saturated heterocycles. The molecule has 0 radical (unpaired) electrons. The summed E-state index contributed by atoms with van der Waals surface area (Å²) in [6.45, 7) is 3.62. The Bertz CT molecular complexity index is 936. The first kappa shape index (κ1) is 16.4. The Labute approximate surface area is 147 Å². The Morgan fingerprint density at radius 3 is 2.80 bits per heavy atom. The van der Waals surface area contributed by atoms with Crippen LogP contribution in [0.15, 0.2) is 41.3 Å². The van der Waals surface area contributed by atoms with Crippen LogP contribution in [0.4, 0.5) is 5.69 Å². The molecule has 2 heterocycles. The molecule has 2 atom stereocenters. The maximum Gasteiger partial charge on any atom is 0.265 e. The number of carbonyl (C=O) groups excluding carboxylic acids is 1. The Balaban J connectivity index is 1.61. The van der Waals surface area contributed by atoms with Gasteiger partial charge in [-0.05, 0) is 42.9 Å². The zero-order chi connectivity index (χ0) is 17.6. The summed E-state index contributed by atoms with van der Waals surface area (Å²) in [7, 11) is -3.69. The summed E-state index contributed by atoms with van der Waals surface area (Å²) in [6.07, 6.45) is 0.857. The third-order valence-corrected chi connectivity index (χ3v) is 6.90. The summed E-state index contributed by atoms with van der Waals surface area (Å²) in [4.78, 5) is 12.8. The van der Waals surface area contributed by atoms with E-state index in [-0.39, 0.29) is 23.4 Å². The molecular formula is C18H21N3O3S. The van der Waals surface area contributed by atoms with Crippen LogP contribution in [-0.4, -0.2) is 40.0 Å². The molecule has 6 nitrogen and oxygen atoms in total. The van der Waals surface area contributed by atoms with E-state index in [1.165, 1.54) is 4.31 Å². The molecule has 2 aliphatic heterocycles. The molecule has 4 rings (SSSR count). The highest BCUT2D eigenvalue weighted by Crippen LogP contribution is 2.41. The molecule has 25 heavy (non-hydrogen) atoms. The zero-order valence-electron chi connectivity index (χ0n) is 14.0. The van der Waals surface area contributed by atoms with Gasteiger partial charge in [-0.15, -0.1) is 0 Å². The second kappa shape index (κ2) is 6.00. The Hall–Kier alpha value is -2.12. The molecule has 2 aromatic rings. The fourth-order valence-corrected chi connectivity index (χ4v) is 5.41. The molecule has 2 N–H and O–H groups in total. The molecule has 2 aromatic carbocycles. The normalized spacial score (nSPS) is 24.4. The molecule has 0 aromatic heterocycles. The van der Waals surface area contributed by atoms with Gasteiger partial charge in [0.05, 0.1) is 10.6 Å². The van der Waals surface area contributed by atoms with Gasteiger partial charge in [0, 0.05) is 11.4 Å². The van der Waals surface area contributed by atoms with Crippen molar-refractivity contribution in [3.63, 3.8) is 0 Å². The van der Waals surface area contributed by atoms with Crippen LogP contribution in [0.25, 0.3) is 10.8 Å². The van der Waals surface area contributed by atoms with E-state index in [0.29, 0.717) is 17.0 Å². The summed E-state index contributed by atoms with van der Waals surface area (Å²) < 4.78 is 27.0. The zero-order valence-corrected chi connectivity index (χ0v) is 14.8. The first-order valence-electron chi connectivity index (χ1n) is 8.53. The quantitative estimate of drug-likeness (QED) is 0.870. The highest BCUT2D eigenvalue weighted by molar-refractivity contribution is 7.93. The average Bonchev–Trinajstić information content (AvgIpc) is 2.81. The van der Waals surface area contributed by atoms with Crippen LogP contribution in [0.5, 0.6) is 0 Å². The highest BCUT2D eigenvalue weighted by Gasteiger charge is 2.37. The number of hydrogen-bond donors (Lipinski definition) is 2. The molecule has 0 bridgehead atoms. The third kappa shape index (κ3) is 2.67. The highest BCUT2D eigenvalue weighted by atomic mass is 32.2. The standard InChI is InChI=1S/C18H21N3O3S/c1-12-10-19-9-8-14(12)20-17(22)11-21-15-6-2-4-13-5-3-7-16(18(13)15)25(21,23)24/h2-7,12,14,19H,8-11H2,1H3,(H,20,22). The van der Waals surface area contributed by atoms with Crippen molar-refractivity contribution in [3.8, 4) is 0 Å². The van der Waals surface area contributed by atoms with E-state index >= 15 is 0 Å². The van der Waals surface area contributed by atoms with Crippen molar-refractivity contribution in [2.45, 2.75) is 24.3 Å². The number of nitrogens with one attached hydrogen (secondary N) is 2. The van der Waals surface area contributed by atoms with E-state index in [9.17, 15) is 13.2 Å². The number of amides is 1. The van der Waals surface area contributed by atoms with Crippen molar-refractivity contribution < 1.29 is 13.2 Å². The number of benzene rings is 2. The number of piperidine rings is 1. The van der Waals surface area contributed by atoms with Gasteiger partial charge in [0.1, 0.15) is 6.54 Å². The summed E-state index contributed by atoms with van der Waals surface area (Å²) in [5, 5.41) is 7.87. The van der Waals surface area contributed by atoms with E-state index in [2.05, 4.69) is 17.6 Å². The summed E-state index contributed by atoms with van der Waals surface area (Å²) >= 11 is 0. The molecule has 2 unspecified atom stereocenters. The van der Waals surface area contributed by atoms with Gasteiger partial charge in [0.2, 0.25) is 5.91 Å². The maximum atomic E-state index is 12.9. The van der Waals surface area contributed by atoms with Gasteiger partial charge in [0.25, 0.3) is 10.0 Å². The molecule has 0 spiro atoms. The predicted octanol–water partition coefficient (Wildman–Crippen LogP) is 1.46. The molecular weight excluding hydrogens is 338 g/mol. The van der Waals surface area contributed by atoms with E-state index in [4.69, 9.17) is 0 Å². The topological polar surface area (TPSA) is 78.5 Å². The Morgan fingerprint density at radius 1 is 1.28 bits per heavy atom. The average molecular weight is 359 g/mol. The van der Waals surface area contributed by atoms with E-state index in [0.717, 1.165) is 24.9 Å². The Kier molecular flexibility index (Phi) is 3.92. The number of sulfonamides is 1. The summed E-state index contributed by atoms with van der Waals surface area (Å²) in [5.74, 6) is 0.0700. The monoisotopic (exact) mass is 359 g/mol. The third-order valence-electron chi connectivity index (χ3n) is 5.10. The van der Waals surface area contributed by atoms with Crippen molar-refractivity contribution in [1.29, 1.82) is 0 Å². The first-order chi connectivity index (χ1) is 12.0. The fourth-order valence-electron chi connectivity index (χ4n) is 3.74. The van der Waals surface area contributed by atoms with Crippen LogP contribution < -0.4 is 14.9 Å². The van der Waals surface area contributed by atoms with E-state index in [1.54, 1.807) is 18.2 Å². The fraction of sp³-hybridized carbons (Fsp3) is 0.389. The lowest BCUT2D eigenvalue weighted by molar-refractivity contribution is -0.120. The SMILES string of the molecule is CC1CNCCC1NC(=O)CN1c2cccc3cccc(c23)S1(=O)=O. The van der Waals surface area contributed by atoms with Crippen LogP contribution in [0, 0.1) is 5.92 Å². The summed E-state index contributed by atoms with van der Waals surface area (Å²) in [5.41, 5.74) is 0.585. The van der Waals surface area contributed by atoms with Gasteiger partial charge in [-0.1, -0.05) is 31.2 Å². The van der Waals surface area contributed by atoms with Crippen molar-refractivity contribution >= 4 is 32.4 Å². The minimum absolute atomic E-state index is 0.0808. The molecule has 1 amide bonds. The number of anilines is 1. The predicted molar refractivity (Wildman–Crippen MR) is 97.1 cm³/mol. The molecule has 7 heteroatoms. The van der Waals surface area contributed by atoms with Crippen LogP contribution in [0.1, 0.15) is 13.3 Å². The lowest BCUT2D eigenvalue weighted by atomic mass is 9.95. The summed E-state index contributed by atoms with van der Waals surface area (Å²) in [6, 6.07) is 10.8. The smallest absolute Gasteiger partial charge is 0.265 e. The van der Waals surface area contributed by atoms with Crippen molar-refractivity contribution in [2.75, 3.05) is 23.9 Å². The number of carbonyl (C=O) groups is 1. The molecule has 132 valence electrons. The van der Waals surface area contributed by atoms with Crippen LogP contribution in [0.3, 0.4) is 0 Å². The van der Waals surface area contributed by atoms with Gasteiger partial charge in [-0.3, -0.25) is 9.10 Å². The minimum atomic E-state index is -3.69. The number of nitrogens with zero attached hydrogens (tertiary/aromatic N) is 1. The van der Waals surface area contributed by atoms with Gasteiger partial charge < -0.3 is 10.6 Å². The number of hydrogen-bond acceptors (Lipinski definition) is 4. The minimum Gasteiger partial charge on any atom is -0.351 e. The lowest BCUT2D eigenvalue weighted by Gasteiger charge is -2.31. The second-order valence-electron chi connectivity index (χ2n) is 6.79. The van der Waals surface area contributed by atoms with Gasteiger partial charge in [-0.2, -0.15) is 0 Å². The Morgan fingerprint density at radius 2 is 2.04 bits per heavy atom. The first-order valence-corrected chi connectivity index (χ1v) is 9.97. The van der Waals surface area contributed by atoms with Gasteiger partial charge >= 0.3 is 0 Å². The van der Waals surface area contributed by atoms with Crippen LogP contribution in [0.2, 0.25) is 0 Å². The van der Waals surface area contributed by atoms with E-state index in [1.807, 2.05) is 18.2 Å². The molecule has 0 saturated carbocycles. The van der Waals surface area contributed by atoms with E-state index < -0.39 is 10.0 Å². The van der Waals surface area contributed by atoms with Crippen molar-refractivity contribution in [3.05, 3.63) is 36.4 Å². The van der Waals surface area contributed by atoms with Crippen molar-refractivity contribution in [1.82, 2.24) is 10.6 Å². The molecule has 2 aliphatic rings. The maximum absolute atomic E-state index is 12.9. The lowest BCUT2D eigenvalue weighted by Crippen LogP contribution is -2.51. The molecule has 1 fully saturated rings. The molecule has 0 aliphatic carbocycles. The van der Waals surface area contributed by atoms with Crippen LogP contribution in [-0.2, 0) is 14.8 Å². The largest absolute Gasteiger partial charge is 0.351 e.